The van der Waals surface area contributed by atoms with Crippen molar-refractivity contribution in [3.8, 4) is 11.3 Å². The van der Waals surface area contributed by atoms with E-state index in [0.717, 1.165) is 29.5 Å². The van der Waals surface area contributed by atoms with E-state index in [1.165, 1.54) is 11.3 Å². The van der Waals surface area contributed by atoms with Crippen LogP contribution in [0.3, 0.4) is 0 Å². The molecule has 0 aliphatic carbocycles. The minimum atomic E-state index is -0.706. The molecule has 3 aromatic rings. The van der Waals surface area contributed by atoms with E-state index in [2.05, 4.69) is 15.3 Å². The molecule has 2 aromatic heterocycles. The van der Waals surface area contributed by atoms with Crippen molar-refractivity contribution in [3.05, 3.63) is 65.3 Å². The smallest absolute Gasteiger partial charge is 0.230 e. The summed E-state index contributed by atoms with van der Waals surface area (Å²) in [5, 5.41) is 4.87. The lowest BCUT2D eigenvalue weighted by Gasteiger charge is -2.03. The number of nitrogens with zero attached hydrogens (tertiary/aromatic N) is 2. The van der Waals surface area contributed by atoms with Gasteiger partial charge in [0.25, 0.3) is 0 Å². The second kappa shape index (κ2) is 6.62. The second-order valence-corrected chi connectivity index (χ2v) is 5.63. The molecule has 0 atom stereocenters. The van der Waals surface area contributed by atoms with Crippen LogP contribution in [-0.4, -0.2) is 15.9 Å². The summed E-state index contributed by atoms with van der Waals surface area (Å²) in [6, 6.07) is 6.66. The zero-order valence-corrected chi connectivity index (χ0v) is 12.6. The fourth-order valence-corrected chi connectivity index (χ4v) is 2.78. The Morgan fingerprint density at radius 2 is 1.83 bits per heavy atom. The summed E-state index contributed by atoms with van der Waals surface area (Å²) in [4.78, 5) is 20.2. The van der Waals surface area contributed by atoms with E-state index in [1.54, 1.807) is 12.4 Å². The molecule has 0 unspecified atom stereocenters. The Morgan fingerprint density at radius 1 is 1.13 bits per heavy atom. The first-order chi connectivity index (χ1) is 11.1. The van der Waals surface area contributed by atoms with Gasteiger partial charge in [0, 0.05) is 29.4 Å². The number of rotatable bonds is 4. The molecule has 7 heteroatoms. The number of halogens is 2. The van der Waals surface area contributed by atoms with Crippen LogP contribution in [0.5, 0.6) is 0 Å². The summed E-state index contributed by atoms with van der Waals surface area (Å²) >= 11 is 1.28. The summed E-state index contributed by atoms with van der Waals surface area (Å²) in [5.41, 5.74) is 1.89. The van der Waals surface area contributed by atoms with Gasteiger partial charge in [-0.3, -0.25) is 9.78 Å². The topological polar surface area (TPSA) is 54.9 Å². The molecular weight excluding hydrogens is 320 g/mol. The van der Waals surface area contributed by atoms with Crippen LogP contribution in [0.2, 0.25) is 0 Å². The largest absolute Gasteiger partial charge is 0.302 e. The summed E-state index contributed by atoms with van der Waals surface area (Å²) in [5.74, 6) is -1.80. The molecule has 3 rings (SSSR count). The van der Waals surface area contributed by atoms with E-state index < -0.39 is 11.6 Å². The molecule has 0 bridgehead atoms. The van der Waals surface area contributed by atoms with Crippen LogP contribution in [0.1, 0.15) is 5.56 Å². The van der Waals surface area contributed by atoms with Crippen LogP contribution >= 0.6 is 11.3 Å². The number of amides is 1. The Labute approximate surface area is 134 Å². The Morgan fingerprint density at radius 3 is 2.52 bits per heavy atom. The van der Waals surface area contributed by atoms with E-state index in [4.69, 9.17) is 0 Å². The van der Waals surface area contributed by atoms with Crippen LogP contribution in [0.4, 0.5) is 13.9 Å². The first-order valence-corrected chi connectivity index (χ1v) is 7.59. The standard InChI is InChI=1S/C16H11F2N3OS/c17-12-5-10(6-13(18)8-12)7-15(22)21-16-20-14(9-23-16)11-1-3-19-4-2-11/h1-6,8-9H,7H2,(H,20,21,22). The zero-order valence-electron chi connectivity index (χ0n) is 11.8. The third kappa shape index (κ3) is 3.95. The Kier molecular flexibility index (Phi) is 4.38. The lowest BCUT2D eigenvalue weighted by Crippen LogP contribution is -2.14. The van der Waals surface area contributed by atoms with Crippen molar-refractivity contribution in [1.82, 2.24) is 9.97 Å². The molecule has 0 saturated carbocycles. The Bertz CT molecular complexity index is 816. The van der Waals surface area contributed by atoms with Crippen molar-refractivity contribution in [3.63, 3.8) is 0 Å². The molecule has 0 radical (unpaired) electrons. The van der Waals surface area contributed by atoms with E-state index in [9.17, 15) is 13.6 Å². The minimum absolute atomic E-state index is 0.126. The van der Waals surface area contributed by atoms with Gasteiger partial charge in [0.1, 0.15) is 11.6 Å². The first-order valence-electron chi connectivity index (χ1n) is 6.71. The summed E-state index contributed by atoms with van der Waals surface area (Å²) in [6.07, 6.45) is 3.19. The number of thiazole rings is 1. The number of nitrogens with one attached hydrogen (secondary N) is 1. The maximum absolute atomic E-state index is 13.1. The maximum Gasteiger partial charge on any atom is 0.230 e. The zero-order chi connectivity index (χ0) is 16.2. The van der Waals surface area contributed by atoms with E-state index in [-0.39, 0.29) is 17.9 Å². The van der Waals surface area contributed by atoms with E-state index >= 15 is 0 Å². The SMILES string of the molecule is O=C(Cc1cc(F)cc(F)c1)Nc1nc(-c2ccncc2)cs1. The van der Waals surface area contributed by atoms with Gasteiger partial charge in [-0.2, -0.15) is 0 Å². The number of carbonyl (C=O) groups is 1. The normalized spacial score (nSPS) is 10.5. The van der Waals surface area contributed by atoms with Gasteiger partial charge in [-0.15, -0.1) is 11.3 Å². The van der Waals surface area contributed by atoms with Crippen LogP contribution in [-0.2, 0) is 11.2 Å². The predicted octanol–water partition coefficient (Wildman–Crippen LogP) is 3.66. The van der Waals surface area contributed by atoms with Gasteiger partial charge in [0.05, 0.1) is 12.1 Å². The van der Waals surface area contributed by atoms with Crippen molar-refractivity contribution in [2.75, 3.05) is 5.32 Å². The predicted molar refractivity (Wildman–Crippen MR) is 84.0 cm³/mol. The van der Waals surface area contributed by atoms with Crippen LogP contribution in [0.25, 0.3) is 11.3 Å². The molecular formula is C16H11F2N3OS. The van der Waals surface area contributed by atoms with Crippen molar-refractivity contribution in [2.24, 2.45) is 0 Å². The number of pyridine rings is 1. The fourth-order valence-electron chi connectivity index (χ4n) is 2.05. The van der Waals surface area contributed by atoms with Crippen molar-refractivity contribution >= 4 is 22.4 Å². The lowest BCUT2D eigenvalue weighted by molar-refractivity contribution is -0.115. The molecule has 2 heterocycles. The molecule has 0 saturated heterocycles. The summed E-state index contributed by atoms with van der Waals surface area (Å²) < 4.78 is 26.2. The third-order valence-electron chi connectivity index (χ3n) is 3.01. The van der Waals surface area contributed by atoms with Gasteiger partial charge >= 0.3 is 0 Å². The third-order valence-corrected chi connectivity index (χ3v) is 3.77. The molecule has 0 aliphatic rings. The van der Waals surface area contributed by atoms with Crippen LogP contribution < -0.4 is 5.32 Å². The van der Waals surface area contributed by atoms with Crippen LogP contribution in [0, 0.1) is 11.6 Å². The van der Waals surface area contributed by atoms with Gasteiger partial charge in [0.2, 0.25) is 5.91 Å². The van der Waals surface area contributed by atoms with Gasteiger partial charge in [-0.05, 0) is 29.8 Å². The fraction of sp³-hybridized carbons (Fsp3) is 0.0625. The Hall–Kier alpha value is -2.67. The van der Waals surface area contributed by atoms with E-state index in [0.29, 0.717) is 5.13 Å². The highest BCUT2D eigenvalue weighted by molar-refractivity contribution is 7.14. The summed E-state index contributed by atoms with van der Waals surface area (Å²) in [6.45, 7) is 0. The first kappa shape index (κ1) is 15.2. The second-order valence-electron chi connectivity index (χ2n) is 4.78. The Balaban J connectivity index is 1.68. The molecule has 1 N–H and O–H groups in total. The molecule has 4 nitrogen and oxygen atoms in total. The number of carbonyl (C=O) groups excluding carboxylic acids is 1. The molecule has 23 heavy (non-hydrogen) atoms. The highest BCUT2D eigenvalue weighted by Gasteiger charge is 2.10. The number of hydrogen-bond donors (Lipinski definition) is 1. The monoisotopic (exact) mass is 331 g/mol. The maximum atomic E-state index is 13.1. The number of aromatic nitrogens is 2. The molecule has 0 aliphatic heterocycles. The van der Waals surface area contributed by atoms with Crippen molar-refractivity contribution < 1.29 is 13.6 Å². The average molecular weight is 331 g/mol. The van der Waals surface area contributed by atoms with Crippen molar-refractivity contribution in [2.45, 2.75) is 6.42 Å². The quantitative estimate of drug-likeness (QED) is 0.794. The van der Waals surface area contributed by atoms with Gasteiger partial charge in [0.15, 0.2) is 5.13 Å². The molecule has 0 fully saturated rings. The lowest BCUT2D eigenvalue weighted by atomic mass is 10.1. The summed E-state index contributed by atoms with van der Waals surface area (Å²) in [7, 11) is 0. The average Bonchev–Trinajstić information content (AvgIpc) is 2.95. The molecule has 116 valence electrons. The van der Waals surface area contributed by atoms with Gasteiger partial charge in [-0.1, -0.05) is 0 Å². The van der Waals surface area contributed by atoms with E-state index in [1.807, 2.05) is 17.5 Å². The number of hydrogen-bond acceptors (Lipinski definition) is 4. The molecule has 1 aromatic carbocycles. The highest BCUT2D eigenvalue weighted by atomic mass is 32.1. The van der Waals surface area contributed by atoms with Crippen LogP contribution in [0.15, 0.2) is 48.1 Å². The van der Waals surface area contributed by atoms with Crippen molar-refractivity contribution in [1.29, 1.82) is 0 Å². The van der Waals surface area contributed by atoms with Gasteiger partial charge in [-0.25, -0.2) is 13.8 Å². The number of benzene rings is 1. The molecule has 0 spiro atoms. The molecule has 1 amide bonds. The number of anilines is 1. The van der Waals surface area contributed by atoms with Gasteiger partial charge < -0.3 is 5.32 Å². The highest BCUT2D eigenvalue weighted by Crippen LogP contribution is 2.24. The minimum Gasteiger partial charge on any atom is -0.302 e.